The third-order valence-corrected chi connectivity index (χ3v) is 4.46. The molecule has 0 aliphatic carbocycles. The first-order valence-electron chi connectivity index (χ1n) is 7.63. The summed E-state index contributed by atoms with van der Waals surface area (Å²) >= 11 is 5.99. The molecule has 0 saturated carbocycles. The lowest BCUT2D eigenvalue weighted by molar-refractivity contribution is -0.142. The van der Waals surface area contributed by atoms with Crippen LogP contribution in [0.15, 0.2) is 18.2 Å². The average molecular weight is 358 g/mol. The van der Waals surface area contributed by atoms with Crippen LogP contribution in [0.4, 0.5) is 4.39 Å². The smallest absolute Gasteiger partial charge is 0.237 e. The van der Waals surface area contributed by atoms with Crippen LogP contribution < -0.4 is 5.73 Å². The summed E-state index contributed by atoms with van der Waals surface area (Å²) in [5.74, 6) is -1.25. The SMILES string of the molecule is C[C@H]1OCCN(CC(=O)N(C)Cc2c(F)cccc2Cl)[C@@H]1C(N)=O. The Hall–Kier alpha value is -1.70. The Morgan fingerprint density at radius 3 is 2.83 bits per heavy atom. The normalized spacial score (nSPS) is 21.5. The molecule has 2 rings (SSSR count). The maximum atomic E-state index is 13.8. The first-order chi connectivity index (χ1) is 11.3. The fraction of sp³-hybridized carbons (Fsp3) is 0.500. The third kappa shape index (κ3) is 4.23. The summed E-state index contributed by atoms with van der Waals surface area (Å²) in [5, 5.41) is 0.268. The van der Waals surface area contributed by atoms with Gasteiger partial charge in [-0.1, -0.05) is 17.7 Å². The van der Waals surface area contributed by atoms with E-state index in [9.17, 15) is 14.0 Å². The van der Waals surface area contributed by atoms with Crippen molar-refractivity contribution in [1.82, 2.24) is 9.80 Å². The van der Waals surface area contributed by atoms with Gasteiger partial charge >= 0.3 is 0 Å². The minimum Gasteiger partial charge on any atom is -0.375 e. The molecule has 0 unspecified atom stereocenters. The number of hydrogen-bond donors (Lipinski definition) is 1. The highest BCUT2D eigenvalue weighted by atomic mass is 35.5. The Kier molecular flexibility index (Phi) is 6.15. The van der Waals surface area contributed by atoms with Gasteiger partial charge in [0.05, 0.1) is 19.3 Å². The second-order valence-electron chi connectivity index (χ2n) is 5.84. The molecule has 2 amide bonds. The minimum atomic E-state index is -0.659. The van der Waals surface area contributed by atoms with Crippen LogP contribution in [-0.4, -0.2) is 60.5 Å². The molecular weight excluding hydrogens is 337 g/mol. The van der Waals surface area contributed by atoms with Gasteiger partial charge in [-0.15, -0.1) is 0 Å². The number of carbonyl (C=O) groups excluding carboxylic acids is 2. The van der Waals surface area contributed by atoms with Crippen LogP contribution in [0.2, 0.25) is 5.02 Å². The van der Waals surface area contributed by atoms with E-state index in [1.54, 1.807) is 24.9 Å². The van der Waals surface area contributed by atoms with Gasteiger partial charge in [-0.3, -0.25) is 14.5 Å². The van der Waals surface area contributed by atoms with Crippen LogP contribution in [-0.2, 0) is 20.9 Å². The van der Waals surface area contributed by atoms with Gasteiger partial charge in [-0.25, -0.2) is 4.39 Å². The summed E-state index contributed by atoms with van der Waals surface area (Å²) in [7, 11) is 1.56. The summed E-state index contributed by atoms with van der Waals surface area (Å²) < 4.78 is 19.3. The third-order valence-electron chi connectivity index (χ3n) is 4.11. The second-order valence-corrected chi connectivity index (χ2v) is 6.25. The van der Waals surface area contributed by atoms with Crippen molar-refractivity contribution in [2.75, 3.05) is 26.7 Å². The van der Waals surface area contributed by atoms with Crippen molar-refractivity contribution in [2.24, 2.45) is 5.73 Å². The molecule has 0 bridgehead atoms. The maximum absolute atomic E-state index is 13.8. The highest BCUT2D eigenvalue weighted by Gasteiger charge is 2.35. The number of nitrogens with two attached hydrogens (primary N) is 1. The van der Waals surface area contributed by atoms with Crippen molar-refractivity contribution in [3.63, 3.8) is 0 Å². The lowest BCUT2D eigenvalue weighted by Crippen LogP contribution is -2.58. The molecule has 0 aromatic heterocycles. The first-order valence-corrected chi connectivity index (χ1v) is 8.01. The van der Waals surface area contributed by atoms with Gasteiger partial charge in [0.15, 0.2) is 0 Å². The average Bonchev–Trinajstić information content (AvgIpc) is 2.50. The van der Waals surface area contributed by atoms with Gasteiger partial charge < -0.3 is 15.4 Å². The number of carbonyl (C=O) groups is 2. The van der Waals surface area contributed by atoms with Gasteiger partial charge in [0, 0.05) is 30.7 Å². The molecule has 6 nitrogen and oxygen atoms in total. The molecule has 1 aromatic carbocycles. The Bertz CT molecular complexity index is 608. The number of halogens is 2. The van der Waals surface area contributed by atoms with Gasteiger partial charge in [0.25, 0.3) is 0 Å². The van der Waals surface area contributed by atoms with Crippen LogP contribution in [0.3, 0.4) is 0 Å². The molecule has 1 heterocycles. The summed E-state index contributed by atoms with van der Waals surface area (Å²) in [6.07, 6.45) is -0.379. The zero-order valence-electron chi connectivity index (χ0n) is 13.7. The predicted octanol–water partition coefficient (Wildman–Crippen LogP) is 1.01. The van der Waals surface area contributed by atoms with Crippen LogP contribution in [0.5, 0.6) is 0 Å². The molecule has 132 valence electrons. The van der Waals surface area contributed by atoms with Crippen LogP contribution in [0.25, 0.3) is 0 Å². The Balaban J connectivity index is 2.04. The molecule has 24 heavy (non-hydrogen) atoms. The summed E-state index contributed by atoms with van der Waals surface area (Å²) in [6, 6.07) is 3.72. The molecule has 1 fully saturated rings. The molecule has 1 aliphatic heterocycles. The van der Waals surface area contributed by atoms with Gasteiger partial charge in [0.2, 0.25) is 11.8 Å². The standard InChI is InChI=1S/C16H21ClFN3O3/c1-10-15(16(19)23)21(6-7-24-10)9-14(22)20(2)8-11-12(17)4-3-5-13(11)18/h3-5,10,15H,6-9H2,1-2H3,(H2,19,23)/t10-,15+/m1/s1. The zero-order chi connectivity index (χ0) is 17.9. The Morgan fingerprint density at radius 2 is 2.21 bits per heavy atom. The highest BCUT2D eigenvalue weighted by Crippen LogP contribution is 2.21. The lowest BCUT2D eigenvalue weighted by Gasteiger charge is -2.38. The van der Waals surface area contributed by atoms with Crippen molar-refractivity contribution in [3.8, 4) is 0 Å². The quantitative estimate of drug-likeness (QED) is 0.853. The highest BCUT2D eigenvalue weighted by molar-refractivity contribution is 6.31. The van der Waals surface area contributed by atoms with Crippen molar-refractivity contribution >= 4 is 23.4 Å². The Morgan fingerprint density at radius 1 is 1.50 bits per heavy atom. The number of nitrogens with zero attached hydrogens (tertiary/aromatic N) is 2. The molecule has 2 atom stereocenters. The number of benzene rings is 1. The van der Waals surface area contributed by atoms with E-state index >= 15 is 0 Å². The topological polar surface area (TPSA) is 75.9 Å². The Labute approximate surface area is 145 Å². The van der Waals surface area contributed by atoms with Crippen molar-refractivity contribution in [2.45, 2.75) is 25.6 Å². The van der Waals surface area contributed by atoms with Crippen LogP contribution in [0, 0.1) is 5.82 Å². The molecule has 0 radical (unpaired) electrons. The maximum Gasteiger partial charge on any atom is 0.237 e. The number of ether oxygens (including phenoxy) is 1. The molecule has 1 aromatic rings. The van der Waals surface area contributed by atoms with E-state index in [1.165, 1.54) is 17.0 Å². The van der Waals surface area contributed by atoms with E-state index in [0.29, 0.717) is 13.2 Å². The lowest BCUT2D eigenvalue weighted by atomic mass is 10.1. The van der Waals surface area contributed by atoms with Gasteiger partial charge in [-0.2, -0.15) is 0 Å². The van der Waals surface area contributed by atoms with Crippen LogP contribution >= 0.6 is 11.6 Å². The monoisotopic (exact) mass is 357 g/mol. The second kappa shape index (κ2) is 7.92. The van der Waals surface area contributed by atoms with E-state index in [2.05, 4.69) is 0 Å². The summed E-state index contributed by atoms with van der Waals surface area (Å²) in [5.41, 5.74) is 5.67. The fourth-order valence-electron chi connectivity index (χ4n) is 2.77. The minimum absolute atomic E-state index is 0.00385. The van der Waals surface area contributed by atoms with Crippen molar-refractivity contribution < 1.29 is 18.7 Å². The first kappa shape index (κ1) is 18.6. The summed E-state index contributed by atoms with van der Waals surface area (Å²) in [4.78, 5) is 27.1. The van der Waals surface area contributed by atoms with E-state index in [0.717, 1.165) is 0 Å². The number of rotatable bonds is 5. The summed E-state index contributed by atoms with van der Waals surface area (Å²) in [6.45, 7) is 2.64. The largest absolute Gasteiger partial charge is 0.375 e. The molecule has 0 spiro atoms. The molecular formula is C16H21ClFN3O3. The van der Waals surface area contributed by atoms with Gasteiger partial charge in [-0.05, 0) is 19.1 Å². The zero-order valence-corrected chi connectivity index (χ0v) is 14.4. The van der Waals surface area contributed by atoms with E-state index in [1.807, 2.05) is 0 Å². The van der Waals surface area contributed by atoms with Crippen LogP contribution in [0.1, 0.15) is 12.5 Å². The number of hydrogen-bond acceptors (Lipinski definition) is 4. The van der Waals surface area contributed by atoms with E-state index in [-0.39, 0.29) is 35.7 Å². The van der Waals surface area contributed by atoms with E-state index in [4.69, 9.17) is 22.1 Å². The molecule has 2 N–H and O–H groups in total. The van der Waals surface area contributed by atoms with Gasteiger partial charge in [0.1, 0.15) is 11.9 Å². The number of likely N-dealkylation sites (N-methyl/N-ethyl adjacent to an activating group) is 1. The van der Waals surface area contributed by atoms with Crippen molar-refractivity contribution in [3.05, 3.63) is 34.6 Å². The number of amides is 2. The fourth-order valence-corrected chi connectivity index (χ4v) is 3.00. The van der Waals surface area contributed by atoms with Crippen molar-refractivity contribution in [1.29, 1.82) is 0 Å². The van der Waals surface area contributed by atoms with E-state index < -0.39 is 17.8 Å². The molecule has 8 heteroatoms. The predicted molar refractivity (Wildman–Crippen MR) is 87.9 cm³/mol. The molecule has 1 saturated heterocycles. The number of primary amides is 1. The molecule has 1 aliphatic rings. The number of morpholine rings is 1.